The van der Waals surface area contributed by atoms with Gasteiger partial charge in [-0.1, -0.05) is 44.1 Å². The number of alkyl halides is 3. The number of anilines is 1. The topological polar surface area (TPSA) is 73.1 Å². The standard InChI is InChI=1S/C15H18ClF3N4O.C13H19N/c1-4-11(15(17,18)19)12-10(3)20-8-21-13(12)22-5-6-23(14(16)24)9(2)7-22;1-4-6-7-9-13(11-14)10-12(3)8-5-2/h4,8-9H,5-7H2,1-3H3;6-7,9-10H,4-5,8H2,1-3H3/b11-4+;7-6+,12-10+,13-9+. The largest absolute Gasteiger partial charge is 0.416 e. The summed E-state index contributed by atoms with van der Waals surface area (Å²) in [6, 6.07) is 1.95. The Labute approximate surface area is 229 Å². The zero-order valence-electron chi connectivity index (χ0n) is 22.9. The van der Waals surface area contributed by atoms with Crippen molar-refractivity contribution in [1.82, 2.24) is 14.9 Å². The van der Waals surface area contributed by atoms with Crippen LogP contribution in [0.2, 0.25) is 0 Å². The molecule has 2 rings (SSSR count). The van der Waals surface area contributed by atoms with Crippen molar-refractivity contribution in [2.75, 3.05) is 24.5 Å². The van der Waals surface area contributed by atoms with Crippen LogP contribution in [0, 0.1) is 18.3 Å². The minimum atomic E-state index is -4.50. The van der Waals surface area contributed by atoms with Gasteiger partial charge in [0.05, 0.1) is 28.5 Å². The van der Waals surface area contributed by atoms with E-state index in [1.54, 1.807) is 11.8 Å². The van der Waals surface area contributed by atoms with E-state index in [0.29, 0.717) is 19.6 Å². The number of aromatic nitrogens is 2. The molecule has 1 atom stereocenters. The van der Waals surface area contributed by atoms with E-state index in [2.05, 4.69) is 36.8 Å². The summed E-state index contributed by atoms with van der Waals surface area (Å²) in [5.41, 5.74) is 1.48. The molecule has 1 saturated heterocycles. The summed E-state index contributed by atoms with van der Waals surface area (Å²) in [6.45, 7) is 12.0. The molecule has 1 aromatic rings. The van der Waals surface area contributed by atoms with E-state index in [0.717, 1.165) is 30.9 Å². The Morgan fingerprint density at radius 1 is 1.29 bits per heavy atom. The molecular weight excluding hydrogens is 515 g/mol. The van der Waals surface area contributed by atoms with Crippen LogP contribution in [-0.4, -0.2) is 52.1 Å². The van der Waals surface area contributed by atoms with Crippen LogP contribution in [0.3, 0.4) is 0 Å². The van der Waals surface area contributed by atoms with Crippen molar-refractivity contribution >= 4 is 28.4 Å². The highest BCUT2D eigenvalue weighted by atomic mass is 35.5. The predicted octanol–water partition coefficient (Wildman–Crippen LogP) is 7.77. The Morgan fingerprint density at radius 3 is 2.47 bits per heavy atom. The molecular formula is C28H37ClF3N5O. The second-order valence-electron chi connectivity index (χ2n) is 8.91. The van der Waals surface area contributed by atoms with Crippen molar-refractivity contribution < 1.29 is 18.0 Å². The summed E-state index contributed by atoms with van der Waals surface area (Å²) >= 11 is 5.52. The average molecular weight is 552 g/mol. The molecule has 1 unspecified atom stereocenters. The van der Waals surface area contributed by atoms with Gasteiger partial charge < -0.3 is 9.80 Å². The SMILES string of the molecule is C/C=C(\c1c(C)ncnc1N1CCN(C(=O)Cl)C(C)C1)C(F)(F)F.CC/C=C/C=C(C#N)\C=C(/C)CCC. The first-order chi connectivity index (χ1) is 17.9. The minimum Gasteiger partial charge on any atom is -0.352 e. The Morgan fingerprint density at radius 2 is 1.97 bits per heavy atom. The van der Waals surface area contributed by atoms with E-state index in [9.17, 15) is 18.0 Å². The number of piperazine rings is 1. The summed E-state index contributed by atoms with van der Waals surface area (Å²) in [7, 11) is 0. The van der Waals surface area contributed by atoms with Gasteiger partial charge >= 0.3 is 11.5 Å². The highest BCUT2D eigenvalue weighted by molar-refractivity contribution is 6.62. The van der Waals surface area contributed by atoms with Gasteiger partial charge in [-0.2, -0.15) is 18.4 Å². The van der Waals surface area contributed by atoms with Gasteiger partial charge in [-0.15, -0.1) is 0 Å². The lowest BCUT2D eigenvalue weighted by Crippen LogP contribution is -2.53. The Balaban J connectivity index is 0.000000442. The lowest BCUT2D eigenvalue weighted by molar-refractivity contribution is -0.0690. The van der Waals surface area contributed by atoms with Crippen LogP contribution in [0.15, 0.2) is 47.9 Å². The fourth-order valence-corrected chi connectivity index (χ4v) is 4.29. The molecule has 0 aliphatic carbocycles. The van der Waals surface area contributed by atoms with Crippen LogP contribution in [0.4, 0.5) is 23.8 Å². The number of amides is 1. The van der Waals surface area contributed by atoms with Crippen molar-refractivity contribution in [3.05, 3.63) is 59.1 Å². The molecule has 0 aromatic carbocycles. The molecule has 1 aliphatic rings. The molecule has 208 valence electrons. The van der Waals surface area contributed by atoms with Crippen LogP contribution in [0.1, 0.15) is 65.1 Å². The van der Waals surface area contributed by atoms with E-state index >= 15 is 0 Å². The number of aryl methyl sites for hydroxylation is 1. The highest BCUT2D eigenvalue weighted by Gasteiger charge is 2.38. The highest BCUT2D eigenvalue weighted by Crippen LogP contribution is 2.39. The zero-order valence-corrected chi connectivity index (χ0v) is 23.7. The summed E-state index contributed by atoms with van der Waals surface area (Å²) in [4.78, 5) is 22.6. The molecule has 1 fully saturated rings. The van der Waals surface area contributed by atoms with Crippen LogP contribution in [0.25, 0.3) is 5.57 Å². The number of rotatable bonds is 7. The molecule has 0 spiro atoms. The van der Waals surface area contributed by atoms with E-state index < -0.39 is 17.1 Å². The van der Waals surface area contributed by atoms with Gasteiger partial charge in [0.2, 0.25) is 0 Å². The Hall–Kier alpha value is -3.12. The first kappa shape index (κ1) is 32.9. The quantitative estimate of drug-likeness (QED) is 0.150. The third-order valence-electron chi connectivity index (χ3n) is 5.86. The summed E-state index contributed by atoms with van der Waals surface area (Å²) in [5.74, 6) is 0.224. The maximum Gasteiger partial charge on any atom is 0.416 e. The van der Waals surface area contributed by atoms with E-state index in [-0.39, 0.29) is 23.1 Å². The van der Waals surface area contributed by atoms with Crippen molar-refractivity contribution in [3.63, 3.8) is 0 Å². The van der Waals surface area contributed by atoms with Crippen LogP contribution < -0.4 is 4.90 Å². The molecule has 1 aromatic heterocycles. The van der Waals surface area contributed by atoms with Crippen LogP contribution >= 0.6 is 11.6 Å². The van der Waals surface area contributed by atoms with Crippen molar-refractivity contribution in [3.8, 4) is 6.07 Å². The number of allylic oxidation sites excluding steroid dienone is 8. The monoisotopic (exact) mass is 551 g/mol. The van der Waals surface area contributed by atoms with Gasteiger partial charge in [-0.3, -0.25) is 4.79 Å². The van der Waals surface area contributed by atoms with E-state index in [4.69, 9.17) is 16.9 Å². The maximum absolute atomic E-state index is 13.4. The van der Waals surface area contributed by atoms with Gasteiger partial charge in [0.25, 0.3) is 0 Å². The lowest BCUT2D eigenvalue weighted by Gasteiger charge is -2.40. The summed E-state index contributed by atoms with van der Waals surface area (Å²) < 4.78 is 40.1. The van der Waals surface area contributed by atoms with Crippen molar-refractivity contribution in [1.29, 1.82) is 5.26 Å². The Kier molecular flexibility index (Phi) is 13.8. The van der Waals surface area contributed by atoms with Gasteiger partial charge in [0, 0.05) is 25.7 Å². The molecule has 1 amide bonds. The number of nitriles is 1. The molecule has 2 heterocycles. The predicted molar refractivity (Wildman–Crippen MR) is 148 cm³/mol. The molecule has 0 saturated carbocycles. The number of carbonyl (C=O) groups is 1. The molecule has 0 radical (unpaired) electrons. The molecule has 0 bridgehead atoms. The number of hydrogen-bond donors (Lipinski definition) is 0. The van der Waals surface area contributed by atoms with Gasteiger partial charge in [-0.25, -0.2) is 9.97 Å². The van der Waals surface area contributed by atoms with Gasteiger partial charge in [0.15, 0.2) is 0 Å². The number of halogens is 4. The van der Waals surface area contributed by atoms with Gasteiger partial charge in [0.1, 0.15) is 12.1 Å². The van der Waals surface area contributed by atoms with E-state index in [1.165, 1.54) is 30.6 Å². The summed E-state index contributed by atoms with van der Waals surface area (Å²) in [6.07, 6.45) is 8.78. The fourth-order valence-electron chi connectivity index (χ4n) is 4.03. The summed E-state index contributed by atoms with van der Waals surface area (Å²) in [5, 5.41) is 8.28. The minimum absolute atomic E-state index is 0.0228. The number of hydrogen-bond acceptors (Lipinski definition) is 5. The lowest BCUT2D eigenvalue weighted by atomic mass is 10.0. The molecule has 38 heavy (non-hydrogen) atoms. The van der Waals surface area contributed by atoms with Gasteiger partial charge in [-0.05, 0) is 64.3 Å². The third kappa shape index (κ3) is 9.97. The fraction of sp³-hybridized carbons (Fsp3) is 0.500. The first-order valence-corrected chi connectivity index (χ1v) is 13.0. The number of nitrogens with zero attached hydrogens (tertiary/aromatic N) is 5. The van der Waals surface area contributed by atoms with Crippen LogP contribution in [-0.2, 0) is 0 Å². The second-order valence-corrected chi connectivity index (χ2v) is 9.23. The maximum atomic E-state index is 13.4. The van der Waals surface area contributed by atoms with Crippen molar-refractivity contribution in [2.24, 2.45) is 0 Å². The Bertz CT molecular complexity index is 1100. The normalized spacial score (nSPS) is 17.3. The smallest absolute Gasteiger partial charge is 0.352 e. The second kappa shape index (κ2) is 16.0. The van der Waals surface area contributed by atoms with Crippen LogP contribution in [0.5, 0.6) is 0 Å². The van der Waals surface area contributed by atoms with Crippen molar-refractivity contribution in [2.45, 2.75) is 73.0 Å². The molecule has 1 aliphatic heterocycles. The molecule has 10 heteroatoms. The third-order valence-corrected chi connectivity index (χ3v) is 6.07. The zero-order chi connectivity index (χ0) is 28.9. The first-order valence-electron chi connectivity index (χ1n) is 12.6. The average Bonchev–Trinajstić information content (AvgIpc) is 2.84. The molecule has 0 N–H and O–H groups in total. The number of carbonyl (C=O) groups excluding carboxylic acids is 1. The molecule has 6 nitrogen and oxygen atoms in total. The van der Waals surface area contributed by atoms with E-state index in [1.807, 2.05) is 24.3 Å².